The zero-order chi connectivity index (χ0) is 9.56. The fourth-order valence-corrected chi connectivity index (χ4v) is 0.680. The highest BCUT2D eigenvalue weighted by atomic mass is 16.5. The summed E-state index contributed by atoms with van der Waals surface area (Å²) in [4.78, 5) is 10.4. The smallest absolute Gasteiger partial charge is 0.168 e. The van der Waals surface area contributed by atoms with E-state index in [4.69, 9.17) is 4.74 Å². The van der Waals surface area contributed by atoms with Crippen molar-refractivity contribution in [3.8, 4) is 0 Å². The van der Waals surface area contributed by atoms with Crippen molar-refractivity contribution < 1.29 is 14.6 Å². The molecule has 0 amide bonds. The molecular weight excluding hydrogens is 156 g/mol. The topological polar surface area (TPSA) is 46.5 Å². The second-order valence-electron chi connectivity index (χ2n) is 1.98. The first-order valence-corrected chi connectivity index (χ1v) is 3.42. The molecule has 3 nitrogen and oxygen atoms in total. The molecule has 0 fully saturated rings. The van der Waals surface area contributed by atoms with Crippen LogP contribution in [0.15, 0.2) is 35.8 Å². The Kier molecular flexibility index (Phi) is 4.53. The van der Waals surface area contributed by atoms with Gasteiger partial charge in [0.2, 0.25) is 0 Å². The molecule has 0 aromatic rings. The number of allylic oxidation sites excluding steroid dienone is 3. The molecule has 0 heterocycles. The largest absolute Gasteiger partial charge is 0.504 e. The Morgan fingerprint density at radius 1 is 1.58 bits per heavy atom. The van der Waals surface area contributed by atoms with Gasteiger partial charge in [0.25, 0.3) is 0 Å². The van der Waals surface area contributed by atoms with E-state index in [9.17, 15) is 9.90 Å². The van der Waals surface area contributed by atoms with Gasteiger partial charge in [-0.1, -0.05) is 12.7 Å². The van der Waals surface area contributed by atoms with Crippen molar-refractivity contribution >= 4 is 6.29 Å². The molecule has 0 rings (SSSR count). The van der Waals surface area contributed by atoms with Crippen LogP contribution in [-0.4, -0.2) is 18.5 Å². The lowest BCUT2D eigenvalue weighted by Crippen LogP contribution is -1.96. The van der Waals surface area contributed by atoms with Crippen LogP contribution in [0, 0.1) is 0 Å². The molecule has 0 bridgehead atoms. The second-order valence-corrected chi connectivity index (χ2v) is 1.98. The first-order chi connectivity index (χ1) is 5.71. The highest BCUT2D eigenvalue weighted by Gasteiger charge is 2.06. The van der Waals surface area contributed by atoms with Crippen molar-refractivity contribution in [2.24, 2.45) is 0 Å². The minimum absolute atomic E-state index is 0.187. The number of aldehydes is 1. The van der Waals surface area contributed by atoms with Gasteiger partial charge in [-0.05, 0) is 13.0 Å². The van der Waals surface area contributed by atoms with Crippen molar-refractivity contribution in [1.29, 1.82) is 0 Å². The molecule has 0 spiro atoms. The molecule has 0 saturated carbocycles. The van der Waals surface area contributed by atoms with Gasteiger partial charge in [-0.3, -0.25) is 4.79 Å². The molecule has 0 aromatic carbocycles. The van der Waals surface area contributed by atoms with E-state index in [1.807, 2.05) is 0 Å². The van der Waals surface area contributed by atoms with Crippen LogP contribution in [0.3, 0.4) is 0 Å². The number of rotatable bonds is 4. The summed E-state index contributed by atoms with van der Waals surface area (Å²) in [5, 5.41) is 9.35. The number of carbonyl (C=O) groups is 1. The molecule has 0 aliphatic carbocycles. The van der Waals surface area contributed by atoms with E-state index in [0.717, 1.165) is 0 Å². The standard InChI is InChI=1S/C9H12O3/c1-4-7(6-10)9(11)8(5-2)12-3/h4-6,11H,2H2,1,3H3/b7-4-,9-8-. The quantitative estimate of drug-likeness (QED) is 0.301. The molecule has 66 valence electrons. The molecule has 0 unspecified atom stereocenters. The number of hydrogen-bond donors (Lipinski definition) is 1. The van der Waals surface area contributed by atoms with E-state index >= 15 is 0 Å². The SMILES string of the molecule is C=C/C(OC)=C(O)\C(C=O)=C/C. The van der Waals surface area contributed by atoms with Crippen LogP contribution < -0.4 is 0 Å². The Hall–Kier alpha value is -1.51. The maximum Gasteiger partial charge on any atom is 0.168 e. The lowest BCUT2D eigenvalue weighted by molar-refractivity contribution is -0.104. The van der Waals surface area contributed by atoms with Crippen LogP contribution in [0.1, 0.15) is 6.92 Å². The van der Waals surface area contributed by atoms with Crippen molar-refractivity contribution in [2.75, 3.05) is 7.11 Å². The van der Waals surface area contributed by atoms with E-state index in [2.05, 4.69) is 6.58 Å². The Bertz CT molecular complexity index is 236. The zero-order valence-electron chi connectivity index (χ0n) is 7.20. The molecule has 1 N–H and O–H groups in total. The minimum Gasteiger partial charge on any atom is -0.504 e. The first-order valence-electron chi connectivity index (χ1n) is 3.42. The molecule has 0 aliphatic heterocycles. The van der Waals surface area contributed by atoms with Crippen LogP contribution in [0.5, 0.6) is 0 Å². The number of aliphatic hydroxyl groups is 1. The van der Waals surface area contributed by atoms with Crippen LogP contribution in [0.2, 0.25) is 0 Å². The van der Waals surface area contributed by atoms with Crippen molar-refractivity contribution in [3.05, 3.63) is 35.8 Å². The molecule has 0 aliphatic rings. The fourth-order valence-electron chi connectivity index (χ4n) is 0.680. The molecule has 12 heavy (non-hydrogen) atoms. The van der Waals surface area contributed by atoms with Gasteiger partial charge < -0.3 is 9.84 Å². The van der Waals surface area contributed by atoms with Gasteiger partial charge >= 0.3 is 0 Å². The van der Waals surface area contributed by atoms with E-state index in [1.165, 1.54) is 19.3 Å². The minimum atomic E-state index is -0.190. The Morgan fingerprint density at radius 3 is 2.42 bits per heavy atom. The van der Waals surface area contributed by atoms with Crippen molar-refractivity contribution in [1.82, 2.24) is 0 Å². The van der Waals surface area contributed by atoms with Gasteiger partial charge in [0.15, 0.2) is 17.8 Å². The number of carbonyl (C=O) groups excluding carboxylic acids is 1. The van der Waals surface area contributed by atoms with Gasteiger partial charge in [-0.15, -0.1) is 0 Å². The summed E-state index contributed by atoms with van der Waals surface area (Å²) in [6.07, 6.45) is 3.38. The van der Waals surface area contributed by atoms with E-state index in [0.29, 0.717) is 6.29 Å². The third-order valence-electron chi connectivity index (χ3n) is 1.35. The summed E-state index contributed by atoms with van der Waals surface area (Å²) in [5.74, 6) is 0.000185. The average molecular weight is 168 g/mol. The maximum absolute atomic E-state index is 10.4. The normalized spacial score (nSPS) is 13.3. The molecular formula is C9H12O3. The summed E-state index contributed by atoms with van der Waals surface area (Å²) in [5.41, 5.74) is 0.187. The van der Waals surface area contributed by atoms with Gasteiger partial charge in [0, 0.05) is 0 Å². The molecule has 0 aromatic heterocycles. The third kappa shape index (κ3) is 2.27. The predicted octanol–water partition coefficient (Wildman–Crippen LogP) is 1.73. The summed E-state index contributed by atoms with van der Waals surface area (Å²) in [7, 11) is 1.39. The highest BCUT2D eigenvalue weighted by molar-refractivity contribution is 5.79. The Labute approximate surface area is 71.7 Å². The van der Waals surface area contributed by atoms with Crippen LogP contribution in [0.25, 0.3) is 0 Å². The first kappa shape index (κ1) is 10.5. The van der Waals surface area contributed by atoms with Crippen molar-refractivity contribution in [3.63, 3.8) is 0 Å². The monoisotopic (exact) mass is 168 g/mol. The predicted molar refractivity (Wildman–Crippen MR) is 46.7 cm³/mol. The number of hydrogen-bond acceptors (Lipinski definition) is 3. The zero-order valence-corrected chi connectivity index (χ0v) is 7.20. The lowest BCUT2D eigenvalue weighted by Gasteiger charge is -2.03. The average Bonchev–Trinajstić information content (AvgIpc) is 2.09. The Balaban J connectivity index is 4.96. The van der Waals surface area contributed by atoms with Crippen LogP contribution >= 0.6 is 0 Å². The summed E-state index contributed by atoms with van der Waals surface area (Å²) >= 11 is 0. The third-order valence-corrected chi connectivity index (χ3v) is 1.35. The Morgan fingerprint density at radius 2 is 2.17 bits per heavy atom. The number of aliphatic hydroxyl groups excluding tert-OH is 1. The van der Waals surface area contributed by atoms with E-state index in [-0.39, 0.29) is 17.1 Å². The number of methoxy groups -OCH3 is 1. The van der Waals surface area contributed by atoms with E-state index in [1.54, 1.807) is 6.92 Å². The van der Waals surface area contributed by atoms with Crippen LogP contribution in [-0.2, 0) is 9.53 Å². The molecule has 3 heteroatoms. The van der Waals surface area contributed by atoms with Gasteiger partial charge in [-0.25, -0.2) is 0 Å². The van der Waals surface area contributed by atoms with Crippen LogP contribution in [0.4, 0.5) is 0 Å². The van der Waals surface area contributed by atoms with Gasteiger partial charge in [-0.2, -0.15) is 0 Å². The second kappa shape index (κ2) is 5.18. The summed E-state index contributed by atoms with van der Waals surface area (Å²) in [6.45, 7) is 5.07. The summed E-state index contributed by atoms with van der Waals surface area (Å²) in [6, 6.07) is 0. The van der Waals surface area contributed by atoms with Crippen molar-refractivity contribution in [2.45, 2.75) is 6.92 Å². The molecule has 0 atom stereocenters. The molecule has 0 radical (unpaired) electrons. The van der Waals surface area contributed by atoms with Gasteiger partial charge in [0.05, 0.1) is 12.7 Å². The highest BCUT2D eigenvalue weighted by Crippen LogP contribution is 2.11. The lowest BCUT2D eigenvalue weighted by atomic mass is 10.2. The summed E-state index contributed by atoms with van der Waals surface area (Å²) < 4.78 is 4.76. The molecule has 0 saturated heterocycles. The fraction of sp³-hybridized carbons (Fsp3) is 0.222. The maximum atomic E-state index is 10.4. The number of ether oxygens (including phenoxy) is 1. The van der Waals surface area contributed by atoms with Gasteiger partial charge in [0.1, 0.15) is 0 Å². The van der Waals surface area contributed by atoms with E-state index < -0.39 is 0 Å².